The summed E-state index contributed by atoms with van der Waals surface area (Å²) in [5.74, 6) is -1.87. The van der Waals surface area contributed by atoms with Crippen LogP contribution in [0.4, 0.5) is 20.5 Å². The number of fused-ring (bicyclic) bond motifs is 1. The van der Waals surface area contributed by atoms with Gasteiger partial charge in [-0.05, 0) is 29.8 Å². The molecule has 0 saturated carbocycles. The van der Waals surface area contributed by atoms with Gasteiger partial charge in [0.1, 0.15) is 5.52 Å². The van der Waals surface area contributed by atoms with E-state index in [4.69, 9.17) is 9.52 Å². The van der Waals surface area contributed by atoms with Gasteiger partial charge in [-0.25, -0.2) is 8.78 Å². The number of rotatable bonds is 3. The highest BCUT2D eigenvalue weighted by atomic mass is 19.2. The molecule has 0 spiro atoms. The summed E-state index contributed by atoms with van der Waals surface area (Å²) in [6.07, 6.45) is 0. The van der Waals surface area contributed by atoms with Gasteiger partial charge in [-0.15, -0.1) is 0 Å². The summed E-state index contributed by atoms with van der Waals surface area (Å²) in [6, 6.07) is 8.68. The fourth-order valence-electron chi connectivity index (χ4n) is 1.82. The Bertz CT molecular complexity index is 771. The second-order valence-corrected chi connectivity index (χ2v) is 4.23. The maximum absolute atomic E-state index is 13.1. The van der Waals surface area contributed by atoms with E-state index in [-0.39, 0.29) is 12.6 Å². The summed E-state index contributed by atoms with van der Waals surface area (Å²) >= 11 is 0. The van der Waals surface area contributed by atoms with Crippen LogP contribution in [0.3, 0.4) is 0 Å². The molecule has 3 rings (SSSR count). The van der Waals surface area contributed by atoms with Crippen LogP contribution < -0.4 is 5.32 Å². The zero-order chi connectivity index (χ0) is 14.1. The van der Waals surface area contributed by atoms with Crippen LogP contribution in [0.25, 0.3) is 11.1 Å². The van der Waals surface area contributed by atoms with Gasteiger partial charge in [0.2, 0.25) is 0 Å². The van der Waals surface area contributed by atoms with E-state index < -0.39 is 11.6 Å². The van der Waals surface area contributed by atoms with E-state index in [1.54, 1.807) is 18.2 Å². The van der Waals surface area contributed by atoms with Gasteiger partial charge >= 0.3 is 0 Å². The monoisotopic (exact) mass is 276 g/mol. The SMILES string of the molecule is OCc1ccc2oc(Nc3ccc(F)c(F)c3)nc2c1. The molecule has 0 unspecified atom stereocenters. The molecular formula is C14H10F2N2O2. The summed E-state index contributed by atoms with van der Waals surface area (Å²) in [4.78, 5) is 4.16. The van der Waals surface area contributed by atoms with E-state index in [1.807, 2.05) is 0 Å². The van der Waals surface area contributed by atoms with Gasteiger partial charge in [-0.2, -0.15) is 4.98 Å². The number of hydrogen-bond donors (Lipinski definition) is 2. The van der Waals surface area contributed by atoms with Crippen molar-refractivity contribution in [3.8, 4) is 0 Å². The minimum Gasteiger partial charge on any atom is -0.423 e. The first-order valence-electron chi connectivity index (χ1n) is 5.88. The minimum atomic E-state index is -0.950. The maximum atomic E-state index is 13.1. The summed E-state index contributed by atoms with van der Waals surface area (Å²) < 4.78 is 31.3. The van der Waals surface area contributed by atoms with Gasteiger partial charge in [-0.3, -0.25) is 0 Å². The van der Waals surface area contributed by atoms with Crippen molar-refractivity contribution in [3.63, 3.8) is 0 Å². The molecule has 0 fully saturated rings. The fraction of sp³-hybridized carbons (Fsp3) is 0.0714. The molecule has 20 heavy (non-hydrogen) atoms. The molecule has 1 aromatic heterocycles. The van der Waals surface area contributed by atoms with Gasteiger partial charge in [-0.1, -0.05) is 6.07 Å². The van der Waals surface area contributed by atoms with Crippen molar-refractivity contribution >= 4 is 22.8 Å². The number of aliphatic hydroxyl groups excluding tert-OH is 1. The predicted octanol–water partition coefficient (Wildman–Crippen LogP) is 3.34. The first kappa shape index (κ1) is 12.6. The number of aliphatic hydroxyl groups is 1. The summed E-state index contributed by atoms with van der Waals surface area (Å²) in [5, 5.41) is 11.8. The van der Waals surface area contributed by atoms with E-state index in [9.17, 15) is 8.78 Å². The van der Waals surface area contributed by atoms with Crippen LogP contribution >= 0.6 is 0 Å². The fourth-order valence-corrected chi connectivity index (χ4v) is 1.82. The van der Waals surface area contributed by atoms with Crippen molar-refractivity contribution in [3.05, 3.63) is 53.6 Å². The molecule has 1 heterocycles. The number of hydrogen-bond acceptors (Lipinski definition) is 4. The van der Waals surface area contributed by atoms with E-state index in [1.165, 1.54) is 6.07 Å². The molecule has 0 bridgehead atoms. The second-order valence-electron chi connectivity index (χ2n) is 4.23. The van der Waals surface area contributed by atoms with E-state index in [2.05, 4.69) is 10.3 Å². The van der Waals surface area contributed by atoms with Gasteiger partial charge < -0.3 is 14.8 Å². The molecule has 2 N–H and O–H groups in total. The Morgan fingerprint density at radius 2 is 1.95 bits per heavy atom. The number of benzene rings is 2. The largest absolute Gasteiger partial charge is 0.423 e. The van der Waals surface area contributed by atoms with Crippen LogP contribution in [-0.4, -0.2) is 10.1 Å². The number of halogens is 2. The van der Waals surface area contributed by atoms with Crippen molar-refractivity contribution in [2.75, 3.05) is 5.32 Å². The Morgan fingerprint density at radius 1 is 1.10 bits per heavy atom. The lowest BCUT2D eigenvalue weighted by molar-refractivity contribution is 0.282. The Hall–Kier alpha value is -2.47. The predicted molar refractivity (Wildman–Crippen MR) is 69.6 cm³/mol. The van der Waals surface area contributed by atoms with E-state index in [0.717, 1.165) is 12.1 Å². The zero-order valence-corrected chi connectivity index (χ0v) is 10.2. The molecule has 0 aliphatic carbocycles. The highest BCUT2D eigenvalue weighted by Crippen LogP contribution is 2.23. The molecular weight excluding hydrogens is 266 g/mol. The molecule has 2 aromatic carbocycles. The number of oxazole rings is 1. The molecule has 6 heteroatoms. The highest BCUT2D eigenvalue weighted by molar-refractivity contribution is 5.76. The smallest absolute Gasteiger partial charge is 0.300 e. The van der Waals surface area contributed by atoms with Crippen molar-refractivity contribution in [2.24, 2.45) is 0 Å². The lowest BCUT2D eigenvalue weighted by atomic mass is 10.2. The Morgan fingerprint density at radius 3 is 2.70 bits per heavy atom. The number of anilines is 2. The number of aromatic nitrogens is 1. The van der Waals surface area contributed by atoms with Gasteiger partial charge in [0, 0.05) is 11.8 Å². The average molecular weight is 276 g/mol. The van der Waals surface area contributed by atoms with Crippen LogP contribution in [0.2, 0.25) is 0 Å². The van der Waals surface area contributed by atoms with Gasteiger partial charge in [0.25, 0.3) is 6.01 Å². The topological polar surface area (TPSA) is 58.3 Å². The lowest BCUT2D eigenvalue weighted by Crippen LogP contribution is -1.92. The Kier molecular flexibility index (Phi) is 3.08. The third-order valence-corrected chi connectivity index (χ3v) is 2.81. The molecule has 0 aliphatic rings. The van der Waals surface area contributed by atoms with Gasteiger partial charge in [0.05, 0.1) is 6.61 Å². The minimum absolute atomic E-state index is 0.0886. The second kappa shape index (κ2) is 4.90. The van der Waals surface area contributed by atoms with Crippen LogP contribution in [0, 0.1) is 11.6 Å². The highest BCUT2D eigenvalue weighted by Gasteiger charge is 2.08. The first-order chi connectivity index (χ1) is 9.65. The zero-order valence-electron chi connectivity index (χ0n) is 10.2. The Labute approximate surface area is 112 Å². The quantitative estimate of drug-likeness (QED) is 0.770. The average Bonchev–Trinajstić information content (AvgIpc) is 2.84. The molecule has 3 aromatic rings. The molecule has 0 atom stereocenters. The Balaban J connectivity index is 1.92. The van der Waals surface area contributed by atoms with Crippen molar-refractivity contribution in [1.82, 2.24) is 4.98 Å². The van der Waals surface area contributed by atoms with Crippen LogP contribution in [0.5, 0.6) is 0 Å². The third kappa shape index (κ3) is 2.33. The normalized spacial score (nSPS) is 10.9. The molecule has 0 amide bonds. The van der Waals surface area contributed by atoms with Crippen molar-refractivity contribution in [1.29, 1.82) is 0 Å². The number of nitrogens with zero attached hydrogens (tertiary/aromatic N) is 1. The number of nitrogens with one attached hydrogen (secondary N) is 1. The van der Waals surface area contributed by atoms with E-state index >= 15 is 0 Å². The van der Waals surface area contributed by atoms with Gasteiger partial charge in [0.15, 0.2) is 17.2 Å². The van der Waals surface area contributed by atoms with Crippen molar-refractivity contribution in [2.45, 2.75) is 6.61 Å². The molecule has 4 nitrogen and oxygen atoms in total. The summed E-state index contributed by atoms with van der Waals surface area (Å²) in [6.45, 7) is -0.0886. The maximum Gasteiger partial charge on any atom is 0.300 e. The summed E-state index contributed by atoms with van der Waals surface area (Å²) in [5.41, 5.74) is 2.15. The van der Waals surface area contributed by atoms with Crippen molar-refractivity contribution < 1.29 is 18.3 Å². The molecule has 0 saturated heterocycles. The molecule has 0 aliphatic heterocycles. The lowest BCUT2D eigenvalue weighted by Gasteiger charge is -2.01. The standard InChI is InChI=1S/C14H10F2N2O2/c15-10-3-2-9(6-11(10)16)17-14-18-12-5-8(7-19)1-4-13(12)20-14/h1-6,19H,7H2,(H,17,18). The first-order valence-corrected chi connectivity index (χ1v) is 5.88. The van der Waals surface area contributed by atoms with Crippen LogP contribution in [-0.2, 0) is 6.61 Å². The van der Waals surface area contributed by atoms with Crippen LogP contribution in [0.1, 0.15) is 5.56 Å². The molecule has 102 valence electrons. The molecule has 0 radical (unpaired) electrons. The third-order valence-electron chi connectivity index (χ3n) is 2.81. The van der Waals surface area contributed by atoms with Crippen LogP contribution in [0.15, 0.2) is 40.8 Å². The van der Waals surface area contributed by atoms with E-state index in [0.29, 0.717) is 22.4 Å². The summed E-state index contributed by atoms with van der Waals surface area (Å²) in [7, 11) is 0.